The van der Waals surface area contributed by atoms with Gasteiger partial charge in [-0.15, -0.1) is 0 Å². The summed E-state index contributed by atoms with van der Waals surface area (Å²) in [5, 5.41) is 0. The molecule has 24 heavy (non-hydrogen) atoms. The van der Waals surface area contributed by atoms with E-state index in [9.17, 15) is 14.0 Å². The lowest BCUT2D eigenvalue weighted by atomic mass is 10.0. The van der Waals surface area contributed by atoms with E-state index in [-0.39, 0.29) is 17.3 Å². The first-order valence-electron chi connectivity index (χ1n) is 7.81. The van der Waals surface area contributed by atoms with Crippen molar-refractivity contribution < 1.29 is 23.5 Å². The topological polar surface area (TPSA) is 52.6 Å². The first kappa shape index (κ1) is 16.2. The summed E-state index contributed by atoms with van der Waals surface area (Å²) in [5.41, 5.74) is -0.174. The second-order valence-corrected chi connectivity index (χ2v) is 5.68. The van der Waals surface area contributed by atoms with E-state index in [1.165, 1.54) is 18.2 Å². The number of benzene rings is 2. The van der Waals surface area contributed by atoms with E-state index in [2.05, 4.69) is 0 Å². The fourth-order valence-corrected chi connectivity index (χ4v) is 2.42. The Balaban J connectivity index is 1.72. The van der Waals surface area contributed by atoms with E-state index in [0.717, 1.165) is 0 Å². The monoisotopic (exact) mass is 328 g/mol. The van der Waals surface area contributed by atoms with Crippen LogP contribution in [0.3, 0.4) is 0 Å². The number of hydrogen-bond donors (Lipinski definition) is 0. The van der Waals surface area contributed by atoms with Gasteiger partial charge >= 0.3 is 5.97 Å². The number of ketones is 1. The van der Waals surface area contributed by atoms with E-state index in [4.69, 9.17) is 9.47 Å². The third kappa shape index (κ3) is 3.30. The summed E-state index contributed by atoms with van der Waals surface area (Å²) in [7, 11) is 0. The van der Waals surface area contributed by atoms with E-state index in [0.29, 0.717) is 30.8 Å². The van der Waals surface area contributed by atoms with Gasteiger partial charge in [0.1, 0.15) is 11.6 Å². The molecule has 2 aromatic carbocycles. The van der Waals surface area contributed by atoms with Crippen molar-refractivity contribution in [2.24, 2.45) is 0 Å². The van der Waals surface area contributed by atoms with Crippen LogP contribution in [0.25, 0.3) is 0 Å². The van der Waals surface area contributed by atoms with Gasteiger partial charge in [-0.3, -0.25) is 4.79 Å². The molecule has 0 heterocycles. The smallest absolute Gasteiger partial charge is 0.350 e. The molecule has 1 aliphatic carbocycles. The maximum Gasteiger partial charge on any atom is 0.350 e. The minimum atomic E-state index is -0.885. The number of hydrogen-bond acceptors (Lipinski definition) is 4. The first-order valence-corrected chi connectivity index (χ1v) is 7.81. The Bertz CT molecular complexity index is 763. The lowest BCUT2D eigenvalue weighted by Gasteiger charge is -2.16. The molecule has 0 spiro atoms. The number of halogens is 1. The number of ether oxygens (including phenoxy) is 2. The van der Waals surface area contributed by atoms with E-state index >= 15 is 0 Å². The standard InChI is InChI=1S/C19H17FO4/c1-2-23-18(22)19(10-11-19)24-16-8-6-13(7-9-16)17(21)14-4-3-5-15(20)12-14/h3-9,12H,2,10-11H2,1H3. The van der Waals surface area contributed by atoms with Gasteiger partial charge in [0.05, 0.1) is 6.61 Å². The molecule has 0 atom stereocenters. The van der Waals surface area contributed by atoms with Crippen LogP contribution in [0.5, 0.6) is 5.75 Å². The van der Waals surface area contributed by atoms with Crippen molar-refractivity contribution in [2.75, 3.05) is 6.61 Å². The maximum atomic E-state index is 13.2. The number of carbonyl (C=O) groups excluding carboxylic acids is 2. The van der Waals surface area contributed by atoms with Gasteiger partial charge in [-0.05, 0) is 43.3 Å². The molecule has 0 saturated heterocycles. The summed E-state index contributed by atoms with van der Waals surface area (Å²) in [6.45, 7) is 2.06. The van der Waals surface area contributed by atoms with Gasteiger partial charge in [0.25, 0.3) is 0 Å². The highest BCUT2D eigenvalue weighted by molar-refractivity contribution is 6.09. The predicted molar refractivity (Wildman–Crippen MR) is 85.5 cm³/mol. The van der Waals surface area contributed by atoms with Crippen molar-refractivity contribution in [1.82, 2.24) is 0 Å². The van der Waals surface area contributed by atoms with Crippen LogP contribution in [-0.4, -0.2) is 24.0 Å². The molecule has 4 nitrogen and oxygen atoms in total. The van der Waals surface area contributed by atoms with Gasteiger partial charge in [-0.1, -0.05) is 12.1 Å². The Kier molecular flexibility index (Phi) is 4.34. The minimum Gasteiger partial charge on any atom is -0.476 e. The quantitative estimate of drug-likeness (QED) is 0.601. The molecular formula is C19H17FO4. The fraction of sp³-hybridized carbons (Fsp3) is 0.263. The zero-order chi connectivity index (χ0) is 17.2. The molecule has 0 radical (unpaired) electrons. The summed E-state index contributed by atoms with van der Waals surface area (Å²) >= 11 is 0. The summed E-state index contributed by atoms with van der Waals surface area (Å²) < 4.78 is 24.0. The predicted octanol–water partition coefficient (Wildman–Crippen LogP) is 3.53. The highest BCUT2D eigenvalue weighted by Gasteiger charge is 2.54. The van der Waals surface area contributed by atoms with E-state index in [1.54, 1.807) is 37.3 Å². The lowest BCUT2D eigenvalue weighted by molar-refractivity contribution is -0.153. The zero-order valence-electron chi connectivity index (χ0n) is 13.3. The van der Waals surface area contributed by atoms with Gasteiger partial charge in [0.15, 0.2) is 5.78 Å². The summed E-state index contributed by atoms with van der Waals surface area (Å²) in [6, 6.07) is 12.0. The highest BCUT2D eigenvalue weighted by Crippen LogP contribution is 2.41. The van der Waals surface area contributed by atoms with Crippen LogP contribution in [0.4, 0.5) is 4.39 Å². The number of carbonyl (C=O) groups is 2. The second kappa shape index (κ2) is 6.43. The molecule has 0 aromatic heterocycles. The van der Waals surface area contributed by atoms with Crippen LogP contribution >= 0.6 is 0 Å². The van der Waals surface area contributed by atoms with Crippen molar-refractivity contribution in [1.29, 1.82) is 0 Å². The Hall–Kier alpha value is -2.69. The van der Waals surface area contributed by atoms with Gasteiger partial charge in [-0.2, -0.15) is 0 Å². The van der Waals surface area contributed by atoms with Crippen LogP contribution in [-0.2, 0) is 9.53 Å². The first-order chi connectivity index (χ1) is 11.5. The molecule has 0 aliphatic heterocycles. The van der Waals surface area contributed by atoms with Crippen LogP contribution in [0, 0.1) is 5.82 Å². The van der Waals surface area contributed by atoms with E-state index in [1.807, 2.05) is 0 Å². The van der Waals surface area contributed by atoms with Gasteiger partial charge < -0.3 is 9.47 Å². The number of esters is 1. The Morgan fingerprint density at radius 1 is 1.08 bits per heavy atom. The molecule has 0 bridgehead atoms. The molecule has 124 valence electrons. The fourth-order valence-electron chi connectivity index (χ4n) is 2.42. The van der Waals surface area contributed by atoms with Crippen molar-refractivity contribution in [3.63, 3.8) is 0 Å². The Labute approximate surface area is 139 Å². The average Bonchev–Trinajstić information content (AvgIpc) is 3.36. The lowest BCUT2D eigenvalue weighted by Crippen LogP contribution is -2.31. The molecule has 1 fully saturated rings. The summed E-state index contributed by atoms with van der Waals surface area (Å²) in [6.07, 6.45) is 1.24. The molecule has 1 saturated carbocycles. The average molecular weight is 328 g/mol. The van der Waals surface area contributed by atoms with Crippen LogP contribution in [0.2, 0.25) is 0 Å². The maximum absolute atomic E-state index is 13.2. The van der Waals surface area contributed by atoms with Crippen LogP contribution < -0.4 is 4.74 Å². The summed E-state index contributed by atoms with van der Waals surface area (Å²) in [4.78, 5) is 24.2. The molecule has 2 aromatic rings. The van der Waals surface area contributed by atoms with E-state index < -0.39 is 11.4 Å². The molecule has 3 rings (SSSR count). The van der Waals surface area contributed by atoms with Gasteiger partial charge in [0, 0.05) is 24.0 Å². The van der Waals surface area contributed by atoms with Gasteiger partial charge in [0.2, 0.25) is 5.60 Å². The van der Waals surface area contributed by atoms with Gasteiger partial charge in [-0.25, -0.2) is 9.18 Å². The van der Waals surface area contributed by atoms with Crippen LogP contribution in [0.15, 0.2) is 48.5 Å². The second-order valence-electron chi connectivity index (χ2n) is 5.68. The third-order valence-corrected chi connectivity index (χ3v) is 3.87. The third-order valence-electron chi connectivity index (χ3n) is 3.87. The highest BCUT2D eigenvalue weighted by atomic mass is 19.1. The Morgan fingerprint density at radius 3 is 2.38 bits per heavy atom. The largest absolute Gasteiger partial charge is 0.476 e. The zero-order valence-corrected chi connectivity index (χ0v) is 13.3. The Morgan fingerprint density at radius 2 is 1.79 bits per heavy atom. The van der Waals surface area contributed by atoms with Crippen molar-refractivity contribution in [3.8, 4) is 5.75 Å². The molecule has 5 heteroatoms. The molecule has 1 aliphatic rings. The number of rotatable bonds is 6. The summed E-state index contributed by atoms with van der Waals surface area (Å²) in [5.74, 6) is -0.584. The minimum absolute atomic E-state index is 0.271. The molecule has 0 amide bonds. The van der Waals surface area contributed by atoms with Crippen molar-refractivity contribution in [2.45, 2.75) is 25.4 Å². The van der Waals surface area contributed by atoms with Crippen LogP contribution in [0.1, 0.15) is 35.7 Å². The van der Waals surface area contributed by atoms with Crippen molar-refractivity contribution in [3.05, 3.63) is 65.5 Å². The molecular weight excluding hydrogens is 311 g/mol. The molecule has 0 unspecified atom stereocenters. The van der Waals surface area contributed by atoms with Crippen molar-refractivity contribution >= 4 is 11.8 Å². The normalized spacial score (nSPS) is 14.8. The molecule has 0 N–H and O–H groups in total. The SMILES string of the molecule is CCOC(=O)C1(Oc2ccc(C(=O)c3cccc(F)c3)cc2)CC1.